The number of fused-ring (bicyclic) bond motifs is 2. The van der Waals surface area contributed by atoms with Crippen molar-refractivity contribution in [2.24, 2.45) is 0 Å². The van der Waals surface area contributed by atoms with Crippen molar-refractivity contribution in [2.45, 2.75) is 43.6 Å². The van der Waals surface area contributed by atoms with Gasteiger partial charge in [0.1, 0.15) is 11.5 Å². The largest absolute Gasteiger partial charge is 0.457 e. The van der Waals surface area contributed by atoms with Gasteiger partial charge in [0.25, 0.3) is 0 Å². The van der Waals surface area contributed by atoms with E-state index in [1.165, 1.54) is 19.3 Å². The molecule has 2 aromatic carbocycles. The van der Waals surface area contributed by atoms with Gasteiger partial charge in [-0.2, -0.15) is 0 Å². The Labute approximate surface area is 178 Å². The number of rotatable bonds is 4. The summed E-state index contributed by atoms with van der Waals surface area (Å²) in [6.07, 6.45) is 6.05. The van der Waals surface area contributed by atoms with Crippen LogP contribution >= 0.6 is 0 Å². The number of para-hydroxylation sites is 2. The molecule has 2 aliphatic heterocycles. The number of amides is 1. The lowest BCUT2D eigenvalue weighted by atomic mass is 9.79. The maximum absolute atomic E-state index is 13.6. The smallest absolute Gasteiger partial charge is 0.232 e. The van der Waals surface area contributed by atoms with Crippen LogP contribution in [0.1, 0.15) is 49.1 Å². The Balaban J connectivity index is 1.40. The number of carbonyl (C=O) groups is 1. The second kappa shape index (κ2) is 8.40. The minimum absolute atomic E-state index is 0.0574. The lowest BCUT2D eigenvalue weighted by Gasteiger charge is -2.48. The second-order valence-corrected chi connectivity index (χ2v) is 8.71. The van der Waals surface area contributed by atoms with Crippen molar-refractivity contribution in [2.75, 3.05) is 32.8 Å². The molecule has 2 fully saturated rings. The van der Waals surface area contributed by atoms with Crippen LogP contribution in [0, 0.1) is 0 Å². The van der Waals surface area contributed by atoms with E-state index in [1.807, 2.05) is 48.5 Å². The average molecular weight is 407 g/mol. The van der Waals surface area contributed by atoms with Crippen molar-refractivity contribution < 1.29 is 14.3 Å². The zero-order valence-corrected chi connectivity index (χ0v) is 17.4. The molecule has 2 aromatic rings. The minimum Gasteiger partial charge on any atom is -0.457 e. The Hall–Kier alpha value is -2.37. The summed E-state index contributed by atoms with van der Waals surface area (Å²) in [5.41, 5.74) is 1.94. The standard InChI is InChI=1S/C25H30N2O3/c28-24(26-18-25(12-6-1-7-13-25)27-14-16-29-17-15-27)23-19-8-2-4-10-21(19)30-22-11-5-3-9-20(22)23/h2-5,8-11,23H,1,6-7,12-18H2,(H,26,28). The molecule has 1 amide bonds. The molecule has 0 aromatic heterocycles. The lowest BCUT2D eigenvalue weighted by Crippen LogP contribution is -2.60. The van der Waals surface area contributed by atoms with E-state index in [4.69, 9.17) is 9.47 Å². The van der Waals surface area contributed by atoms with E-state index >= 15 is 0 Å². The van der Waals surface area contributed by atoms with E-state index in [2.05, 4.69) is 10.2 Å². The van der Waals surface area contributed by atoms with Crippen molar-refractivity contribution >= 4 is 5.91 Å². The van der Waals surface area contributed by atoms with E-state index < -0.39 is 0 Å². The van der Waals surface area contributed by atoms with Gasteiger partial charge in [0.05, 0.1) is 19.1 Å². The van der Waals surface area contributed by atoms with Gasteiger partial charge < -0.3 is 14.8 Å². The van der Waals surface area contributed by atoms with Crippen LogP contribution in [0.3, 0.4) is 0 Å². The van der Waals surface area contributed by atoms with Crippen molar-refractivity contribution in [3.05, 3.63) is 59.7 Å². The number of nitrogens with zero attached hydrogens (tertiary/aromatic N) is 1. The monoisotopic (exact) mass is 406 g/mol. The van der Waals surface area contributed by atoms with E-state index in [0.29, 0.717) is 6.54 Å². The summed E-state index contributed by atoms with van der Waals surface area (Å²) in [4.78, 5) is 16.2. The molecule has 1 N–H and O–H groups in total. The highest BCUT2D eigenvalue weighted by molar-refractivity contribution is 5.89. The molecule has 1 saturated heterocycles. The van der Waals surface area contributed by atoms with Crippen molar-refractivity contribution in [3.8, 4) is 11.5 Å². The molecule has 3 aliphatic rings. The average Bonchev–Trinajstić information content (AvgIpc) is 2.82. The summed E-state index contributed by atoms with van der Waals surface area (Å²) < 4.78 is 11.7. The minimum atomic E-state index is -0.337. The first kappa shape index (κ1) is 19.6. The van der Waals surface area contributed by atoms with E-state index in [0.717, 1.165) is 61.8 Å². The van der Waals surface area contributed by atoms with Gasteiger partial charge in [-0.3, -0.25) is 9.69 Å². The van der Waals surface area contributed by atoms with Crippen LogP contribution in [-0.4, -0.2) is 49.2 Å². The van der Waals surface area contributed by atoms with Gasteiger partial charge in [-0.15, -0.1) is 0 Å². The van der Waals surface area contributed by atoms with Crippen LogP contribution in [0.5, 0.6) is 11.5 Å². The molecule has 0 bridgehead atoms. The van der Waals surface area contributed by atoms with Gasteiger partial charge in [0.2, 0.25) is 5.91 Å². The first-order chi connectivity index (χ1) is 14.8. The summed E-state index contributed by atoms with van der Waals surface area (Å²) in [5, 5.41) is 3.37. The highest BCUT2D eigenvalue weighted by atomic mass is 16.5. The Morgan fingerprint density at radius 2 is 1.53 bits per heavy atom. The number of nitrogens with one attached hydrogen (secondary N) is 1. The SMILES string of the molecule is O=C(NCC1(N2CCOCC2)CCCCC1)C1c2ccccc2Oc2ccccc21. The number of hydrogen-bond donors (Lipinski definition) is 1. The first-order valence-electron chi connectivity index (χ1n) is 11.2. The number of benzene rings is 2. The van der Waals surface area contributed by atoms with Crippen LogP contribution < -0.4 is 10.1 Å². The second-order valence-electron chi connectivity index (χ2n) is 8.71. The Morgan fingerprint density at radius 1 is 0.933 bits per heavy atom. The third kappa shape index (κ3) is 3.61. The lowest BCUT2D eigenvalue weighted by molar-refractivity contribution is -0.123. The quantitative estimate of drug-likeness (QED) is 0.831. The van der Waals surface area contributed by atoms with Crippen LogP contribution in [0.2, 0.25) is 0 Å². The summed E-state index contributed by atoms with van der Waals surface area (Å²) in [6, 6.07) is 15.8. The van der Waals surface area contributed by atoms with Gasteiger partial charge >= 0.3 is 0 Å². The Morgan fingerprint density at radius 3 is 2.17 bits per heavy atom. The number of hydrogen-bond acceptors (Lipinski definition) is 4. The van der Waals surface area contributed by atoms with Gasteiger partial charge in [0.15, 0.2) is 0 Å². The molecule has 5 heteroatoms. The molecular formula is C25H30N2O3. The topological polar surface area (TPSA) is 50.8 Å². The summed E-state index contributed by atoms with van der Waals surface area (Å²) in [6.45, 7) is 4.19. The van der Waals surface area contributed by atoms with Gasteiger partial charge in [-0.05, 0) is 25.0 Å². The third-order valence-corrected chi connectivity index (χ3v) is 7.00. The predicted octanol–water partition coefficient (Wildman–Crippen LogP) is 4.08. The molecule has 0 spiro atoms. The zero-order chi connectivity index (χ0) is 20.4. The summed E-state index contributed by atoms with van der Waals surface area (Å²) in [7, 11) is 0. The third-order valence-electron chi connectivity index (χ3n) is 7.00. The van der Waals surface area contributed by atoms with E-state index in [1.54, 1.807) is 0 Å². The van der Waals surface area contributed by atoms with E-state index in [-0.39, 0.29) is 17.4 Å². The molecule has 2 heterocycles. The fraction of sp³-hybridized carbons (Fsp3) is 0.480. The van der Waals surface area contributed by atoms with Crippen LogP contribution in [-0.2, 0) is 9.53 Å². The molecule has 0 radical (unpaired) electrons. The highest BCUT2D eigenvalue weighted by Gasteiger charge is 2.40. The molecule has 1 aliphatic carbocycles. The molecule has 1 saturated carbocycles. The van der Waals surface area contributed by atoms with Crippen molar-refractivity contribution in [1.29, 1.82) is 0 Å². The van der Waals surface area contributed by atoms with Gasteiger partial charge in [0, 0.05) is 36.3 Å². The number of morpholine rings is 1. The summed E-state index contributed by atoms with van der Waals surface area (Å²) >= 11 is 0. The zero-order valence-electron chi connectivity index (χ0n) is 17.4. The number of carbonyl (C=O) groups excluding carboxylic acids is 1. The molecule has 5 rings (SSSR count). The van der Waals surface area contributed by atoms with Crippen molar-refractivity contribution in [3.63, 3.8) is 0 Å². The molecule has 0 atom stereocenters. The Kier molecular flexibility index (Phi) is 5.48. The predicted molar refractivity (Wildman–Crippen MR) is 116 cm³/mol. The fourth-order valence-corrected chi connectivity index (χ4v) is 5.40. The first-order valence-corrected chi connectivity index (χ1v) is 11.2. The molecule has 158 valence electrons. The van der Waals surface area contributed by atoms with Crippen LogP contribution in [0.25, 0.3) is 0 Å². The molecule has 0 unspecified atom stereocenters. The van der Waals surface area contributed by atoms with Gasteiger partial charge in [-0.25, -0.2) is 0 Å². The van der Waals surface area contributed by atoms with Gasteiger partial charge in [-0.1, -0.05) is 55.7 Å². The normalized spacial score (nSPS) is 21.2. The van der Waals surface area contributed by atoms with Crippen LogP contribution in [0.15, 0.2) is 48.5 Å². The van der Waals surface area contributed by atoms with Crippen molar-refractivity contribution in [1.82, 2.24) is 10.2 Å². The maximum atomic E-state index is 13.6. The molecule has 5 nitrogen and oxygen atoms in total. The Bertz CT molecular complexity index is 855. The molecular weight excluding hydrogens is 376 g/mol. The maximum Gasteiger partial charge on any atom is 0.232 e. The van der Waals surface area contributed by atoms with E-state index in [9.17, 15) is 4.79 Å². The molecule has 30 heavy (non-hydrogen) atoms. The number of ether oxygens (including phenoxy) is 2. The fourth-order valence-electron chi connectivity index (χ4n) is 5.40. The van der Waals surface area contributed by atoms with Crippen LogP contribution in [0.4, 0.5) is 0 Å². The highest BCUT2D eigenvalue weighted by Crippen LogP contribution is 2.44. The summed E-state index contributed by atoms with van der Waals surface area (Å²) in [5.74, 6) is 1.28.